The van der Waals surface area contributed by atoms with Gasteiger partial charge in [-0.1, -0.05) is 6.92 Å². The quantitative estimate of drug-likeness (QED) is 0.854. The van der Waals surface area contributed by atoms with Crippen LogP contribution in [-0.4, -0.2) is 33.2 Å². The molecule has 0 spiro atoms. The predicted octanol–water partition coefficient (Wildman–Crippen LogP) is 2.48. The van der Waals surface area contributed by atoms with Crippen molar-refractivity contribution < 1.29 is 4.42 Å². The molecule has 0 amide bonds. The molecule has 0 unspecified atom stereocenters. The second-order valence-corrected chi connectivity index (χ2v) is 5.13. The lowest BCUT2D eigenvalue weighted by Gasteiger charge is -2.27. The molecule has 2 aromatic rings. The first-order chi connectivity index (χ1) is 9.17. The number of aromatic amines is 1. The van der Waals surface area contributed by atoms with Crippen LogP contribution in [0.1, 0.15) is 23.9 Å². The number of fused-ring (bicyclic) bond motifs is 1. The Labute approximate surface area is 116 Å². The number of nitrogens with zero attached hydrogens (tertiary/aromatic N) is 3. The molecule has 100 valence electrons. The van der Waals surface area contributed by atoms with E-state index in [2.05, 4.69) is 28.1 Å². The lowest BCUT2D eigenvalue weighted by atomic mass is 10.0. The third-order valence-electron chi connectivity index (χ3n) is 3.56. The maximum absolute atomic E-state index is 5.39. The molecule has 0 fully saturated rings. The molecular weight excluding hydrogens is 260 g/mol. The minimum absolute atomic E-state index is 0.294. The lowest BCUT2D eigenvalue weighted by molar-refractivity contribution is 0.265. The summed E-state index contributed by atoms with van der Waals surface area (Å²) in [6.07, 6.45) is 1.01. The second kappa shape index (κ2) is 4.86. The van der Waals surface area contributed by atoms with Crippen molar-refractivity contribution in [3.05, 3.63) is 27.9 Å². The highest BCUT2D eigenvalue weighted by Crippen LogP contribution is 2.26. The van der Waals surface area contributed by atoms with E-state index in [0.29, 0.717) is 10.7 Å². The molecular formula is C13H16N4OS. The Hall–Kier alpha value is -1.53. The summed E-state index contributed by atoms with van der Waals surface area (Å²) in [6.45, 7) is 7.25. The van der Waals surface area contributed by atoms with Gasteiger partial charge in [0.05, 0.1) is 11.3 Å². The van der Waals surface area contributed by atoms with E-state index in [-0.39, 0.29) is 0 Å². The molecule has 2 aromatic heterocycles. The number of rotatable bonds is 2. The Bertz CT molecular complexity index is 661. The molecule has 0 aliphatic carbocycles. The average molecular weight is 276 g/mol. The molecule has 19 heavy (non-hydrogen) atoms. The molecule has 0 saturated heterocycles. The highest BCUT2D eigenvalue weighted by atomic mass is 32.1. The van der Waals surface area contributed by atoms with Crippen LogP contribution in [0, 0.1) is 11.8 Å². The van der Waals surface area contributed by atoms with E-state index in [1.807, 2.05) is 6.92 Å². The predicted molar refractivity (Wildman–Crippen MR) is 74.3 cm³/mol. The highest BCUT2D eigenvalue weighted by molar-refractivity contribution is 7.71. The van der Waals surface area contributed by atoms with Gasteiger partial charge in [0.15, 0.2) is 0 Å². The van der Waals surface area contributed by atoms with Crippen molar-refractivity contribution in [1.29, 1.82) is 0 Å². The third-order valence-corrected chi connectivity index (χ3v) is 3.73. The van der Waals surface area contributed by atoms with E-state index in [1.54, 1.807) is 0 Å². The zero-order valence-electron chi connectivity index (χ0n) is 11.1. The molecule has 0 saturated carbocycles. The number of aryl methyl sites for hydroxylation is 1. The van der Waals surface area contributed by atoms with Gasteiger partial charge in [0.2, 0.25) is 5.89 Å². The van der Waals surface area contributed by atoms with Gasteiger partial charge in [-0.25, -0.2) is 5.10 Å². The van der Waals surface area contributed by atoms with Crippen LogP contribution in [0.4, 0.5) is 0 Å². The van der Waals surface area contributed by atoms with E-state index in [9.17, 15) is 0 Å². The average Bonchev–Trinajstić information content (AvgIpc) is 2.84. The van der Waals surface area contributed by atoms with E-state index < -0.39 is 0 Å². The fourth-order valence-electron chi connectivity index (χ4n) is 2.47. The summed E-state index contributed by atoms with van der Waals surface area (Å²) in [5, 5.41) is 6.74. The minimum atomic E-state index is 0.294. The van der Waals surface area contributed by atoms with E-state index in [1.165, 1.54) is 11.3 Å². The van der Waals surface area contributed by atoms with E-state index >= 15 is 0 Å². The van der Waals surface area contributed by atoms with Gasteiger partial charge in [-0.2, -0.15) is 0 Å². The zero-order chi connectivity index (χ0) is 13.4. The number of likely N-dealkylation sites (N-methyl/N-ethyl adjacent to an activating group) is 1. The topological polar surface area (TPSA) is 58.0 Å². The number of hydrogen-bond acceptors (Lipinski definition) is 5. The van der Waals surface area contributed by atoms with Crippen molar-refractivity contribution in [3.8, 4) is 11.5 Å². The maximum Gasteiger partial charge on any atom is 0.284 e. The summed E-state index contributed by atoms with van der Waals surface area (Å²) in [7, 11) is 0. The molecule has 3 rings (SSSR count). The van der Waals surface area contributed by atoms with Crippen LogP contribution in [0.25, 0.3) is 11.5 Å². The van der Waals surface area contributed by atoms with E-state index in [4.69, 9.17) is 21.6 Å². The van der Waals surface area contributed by atoms with Gasteiger partial charge in [-0.05, 0) is 37.3 Å². The van der Waals surface area contributed by atoms with Crippen LogP contribution in [0.15, 0.2) is 10.5 Å². The lowest BCUT2D eigenvalue weighted by Crippen LogP contribution is -2.31. The Morgan fingerprint density at radius 2 is 2.37 bits per heavy atom. The Morgan fingerprint density at radius 3 is 3.05 bits per heavy atom. The van der Waals surface area contributed by atoms with Crippen LogP contribution >= 0.6 is 12.2 Å². The largest absolute Gasteiger partial charge is 0.409 e. The van der Waals surface area contributed by atoms with Gasteiger partial charge in [0.25, 0.3) is 4.84 Å². The molecule has 0 atom stereocenters. The van der Waals surface area contributed by atoms with Crippen LogP contribution in [0.3, 0.4) is 0 Å². The van der Waals surface area contributed by atoms with Gasteiger partial charge >= 0.3 is 0 Å². The summed E-state index contributed by atoms with van der Waals surface area (Å²) < 4.78 is 5.39. The molecule has 1 aliphatic rings. The smallest absolute Gasteiger partial charge is 0.284 e. The maximum atomic E-state index is 5.39. The normalized spacial score (nSPS) is 15.5. The van der Waals surface area contributed by atoms with Gasteiger partial charge < -0.3 is 4.42 Å². The second-order valence-electron chi connectivity index (χ2n) is 4.76. The monoisotopic (exact) mass is 276 g/mol. The summed E-state index contributed by atoms with van der Waals surface area (Å²) >= 11 is 4.92. The third kappa shape index (κ3) is 2.33. The number of H-pyrrole nitrogens is 1. The van der Waals surface area contributed by atoms with Crippen molar-refractivity contribution in [2.24, 2.45) is 0 Å². The van der Waals surface area contributed by atoms with Crippen LogP contribution in [-0.2, 0) is 13.0 Å². The first kappa shape index (κ1) is 12.5. The van der Waals surface area contributed by atoms with Gasteiger partial charge in [-0.15, -0.1) is 5.10 Å². The fraction of sp³-hybridized carbons (Fsp3) is 0.462. The van der Waals surface area contributed by atoms with Crippen molar-refractivity contribution in [2.75, 3.05) is 13.1 Å². The van der Waals surface area contributed by atoms with Gasteiger partial charge in [0.1, 0.15) is 0 Å². The van der Waals surface area contributed by atoms with Crippen molar-refractivity contribution in [2.45, 2.75) is 26.8 Å². The molecule has 0 bridgehead atoms. The fourth-order valence-corrected chi connectivity index (χ4v) is 2.59. The molecule has 3 heterocycles. The molecule has 5 nitrogen and oxygen atoms in total. The summed E-state index contributed by atoms with van der Waals surface area (Å²) in [4.78, 5) is 7.39. The molecule has 1 N–H and O–H groups in total. The number of hydrogen-bond donors (Lipinski definition) is 1. The summed E-state index contributed by atoms with van der Waals surface area (Å²) in [6, 6.07) is 2.13. The van der Waals surface area contributed by atoms with E-state index in [0.717, 1.165) is 37.3 Å². The first-order valence-corrected chi connectivity index (χ1v) is 6.86. The number of pyridine rings is 1. The standard InChI is InChI=1S/C13H16N4OS/c1-3-17-5-4-11-9(7-17)6-10(8(2)14-11)12-15-16-13(19)18-12/h6H,3-5,7H2,1-2H3,(H,16,19). The van der Waals surface area contributed by atoms with Gasteiger partial charge in [0, 0.05) is 25.2 Å². The Morgan fingerprint density at radius 1 is 1.53 bits per heavy atom. The summed E-state index contributed by atoms with van der Waals surface area (Å²) in [5.41, 5.74) is 4.32. The van der Waals surface area contributed by atoms with Crippen LogP contribution in [0.5, 0.6) is 0 Å². The molecule has 6 heteroatoms. The zero-order valence-corrected chi connectivity index (χ0v) is 11.9. The molecule has 0 radical (unpaired) electrons. The summed E-state index contributed by atoms with van der Waals surface area (Å²) in [5.74, 6) is 0.520. The number of nitrogens with one attached hydrogen (secondary N) is 1. The Kier molecular flexibility index (Phi) is 3.20. The van der Waals surface area contributed by atoms with Gasteiger partial charge in [-0.3, -0.25) is 9.88 Å². The first-order valence-electron chi connectivity index (χ1n) is 6.45. The van der Waals surface area contributed by atoms with Crippen LogP contribution < -0.4 is 0 Å². The van der Waals surface area contributed by atoms with Crippen molar-refractivity contribution in [3.63, 3.8) is 0 Å². The highest BCUT2D eigenvalue weighted by Gasteiger charge is 2.19. The van der Waals surface area contributed by atoms with Crippen LogP contribution in [0.2, 0.25) is 0 Å². The SMILES string of the molecule is CCN1CCc2nc(C)c(-c3n[nH]c(=S)o3)cc2C1. The van der Waals surface area contributed by atoms with Crippen molar-refractivity contribution >= 4 is 12.2 Å². The Balaban J connectivity index is 2.05. The number of aromatic nitrogens is 3. The van der Waals surface area contributed by atoms with Crippen molar-refractivity contribution in [1.82, 2.24) is 20.1 Å². The molecule has 1 aliphatic heterocycles. The molecule has 0 aromatic carbocycles. The minimum Gasteiger partial charge on any atom is -0.409 e.